The third-order valence-corrected chi connectivity index (χ3v) is 5.46. The number of thiophene rings is 1. The molecule has 1 N–H and O–H groups in total. The second kappa shape index (κ2) is 6.46. The van der Waals surface area contributed by atoms with Crippen molar-refractivity contribution in [3.05, 3.63) is 21.4 Å². The van der Waals surface area contributed by atoms with E-state index >= 15 is 0 Å². The molecule has 0 radical (unpaired) electrons. The Morgan fingerprint density at radius 2 is 2.10 bits per heavy atom. The third kappa shape index (κ3) is 3.02. The lowest BCUT2D eigenvalue weighted by Crippen LogP contribution is -2.56. The quantitative estimate of drug-likeness (QED) is 0.864. The maximum Gasteiger partial charge on any atom is 0.264 e. The van der Waals surface area contributed by atoms with E-state index in [9.17, 15) is 4.79 Å². The Kier molecular flexibility index (Phi) is 5.10. The van der Waals surface area contributed by atoms with Gasteiger partial charge in [0.25, 0.3) is 5.91 Å². The standard InChI is InChI=1S/C15H22N2OS.ClH/c1-10-9-17(11(2)8-16-10)15(18)14-7-12-5-3-4-6-13(12)19-14;/h7,10-11,16H,3-6,8-9H2,1-2H3;1H. The Hall–Kier alpha value is -0.580. The van der Waals surface area contributed by atoms with E-state index in [-0.39, 0.29) is 18.3 Å². The monoisotopic (exact) mass is 314 g/mol. The first-order chi connectivity index (χ1) is 9.15. The molecule has 3 nitrogen and oxygen atoms in total. The van der Waals surface area contributed by atoms with Gasteiger partial charge in [0.15, 0.2) is 0 Å². The first-order valence-electron chi connectivity index (χ1n) is 7.31. The van der Waals surface area contributed by atoms with Gasteiger partial charge in [0.2, 0.25) is 0 Å². The highest BCUT2D eigenvalue weighted by molar-refractivity contribution is 7.14. The number of halogens is 1. The zero-order valence-corrected chi connectivity index (χ0v) is 13.8. The highest BCUT2D eigenvalue weighted by atomic mass is 35.5. The Balaban J connectivity index is 0.00000147. The molecule has 1 aromatic heterocycles. The van der Waals surface area contributed by atoms with Crippen LogP contribution >= 0.6 is 23.7 Å². The average molecular weight is 315 g/mol. The highest BCUT2D eigenvalue weighted by Crippen LogP contribution is 2.30. The van der Waals surface area contributed by atoms with Crippen molar-refractivity contribution in [2.75, 3.05) is 13.1 Å². The number of carbonyl (C=O) groups is 1. The Morgan fingerprint density at radius 1 is 1.35 bits per heavy atom. The fraction of sp³-hybridized carbons (Fsp3) is 0.667. The summed E-state index contributed by atoms with van der Waals surface area (Å²) in [5, 5.41) is 3.43. The number of hydrogen-bond donors (Lipinski definition) is 1. The van der Waals surface area contributed by atoms with Crippen LogP contribution in [0.25, 0.3) is 0 Å². The fourth-order valence-electron chi connectivity index (χ4n) is 3.04. The van der Waals surface area contributed by atoms with Crippen LogP contribution in [0.4, 0.5) is 0 Å². The van der Waals surface area contributed by atoms with Crippen LogP contribution in [0.5, 0.6) is 0 Å². The lowest BCUT2D eigenvalue weighted by Gasteiger charge is -2.37. The Morgan fingerprint density at radius 3 is 2.85 bits per heavy atom. The van der Waals surface area contributed by atoms with E-state index in [0.29, 0.717) is 12.1 Å². The molecule has 1 fully saturated rings. The smallest absolute Gasteiger partial charge is 0.264 e. The van der Waals surface area contributed by atoms with Crippen LogP contribution in [-0.2, 0) is 12.8 Å². The van der Waals surface area contributed by atoms with Crippen LogP contribution in [0.2, 0.25) is 0 Å². The molecule has 2 unspecified atom stereocenters. The van der Waals surface area contributed by atoms with E-state index in [1.807, 2.05) is 4.90 Å². The Labute approximate surface area is 131 Å². The molecule has 1 aromatic rings. The molecule has 5 heteroatoms. The molecular formula is C15H23ClN2OS. The summed E-state index contributed by atoms with van der Waals surface area (Å²) in [7, 11) is 0. The molecule has 3 rings (SSSR count). The molecule has 2 aliphatic rings. The van der Waals surface area contributed by atoms with Crippen molar-refractivity contribution in [1.82, 2.24) is 10.2 Å². The summed E-state index contributed by atoms with van der Waals surface area (Å²) in [6.07, 6.45) is 4.88. The minimum atomic E-state index is 0. The van der Waals surface area contributed by atoms with Gasteiger partial charge < -0.3 is 10.2 Å². The van der Waals surface area contributed by atoms with Crippen LogP contribution in [0.3, 0.4) is 0 Å². The number of piperazine rings is 1. The van der Waals surface area contributed by atoms with Gasteiger partial charge in [0, 0.05) is 30.1 Å². The first-order valence-corrected chi connectivity index (χ1v) is 8.12. The van der Waals surface area contributed by atoms with Crippen molar-refractivity contribution in [1.29, 1.82) is 0 Å². The molecule has 0 bridgehead atoms. The summed E-state index contributed by atoms with van der Waals surface area (Å²) in [6, 6.07) is 2.85. The summed E-state index contributed by atoms with van der Waals surface area (Å²) in [4.78, 5) is 17.1. The van der Waals surface area contributed by atoms with Crippen molar-refractivity contribution in [3.63, 3.8) is 0 Å². The number of hydrogen-bond acceptors (Lipinski definition) is 3. The van der Waals surface area contributed by atoms with E-state index in [2.05, 4.69) is 25.2 Å². The van der Waals surface area contributed by atoms with Crippen molar-refractivity contribution in [2.45, 2.75) is 51.6 Å². The number of carbonyl (C=O) groups excluding carboxylic acids is 1. The maximum absolute atomic E-state index is 12.7. The van der Waals surface area contributed by atoms with Gasteiger partial charge in [-0.25, -0.2) is 0 Å². The number of fused-ring (bicyclic) bond motifs is 1. The SMILES string of the molecule is CC1CN(C(=O)c2cc3c(s2)CCCC3)C(C)CN1.Cl. The van der Waals surface area contributed by atoms with Gasteiger partial charge in [-0.3, -0.25) is 4.79 Å². The predicted molar refractivity (Wildman–Crippen MR) is 86.2 cm³/mol. The van der Waals surface area contributed by atoms with Gasteiger partial charge in [-0.1, -0.05) is 0 Å². The minimum Gasteiger partial charge on any atom is -0.332 e. The van der Waals surface area contributed by atoms with Gasteiger partial charge in [-0.05, 0) is 51.2 Å². The Bertz CT molecular complexity index is 465. The number of nitrogens with one attached hydrogen (secondary N) is 1. The molecule has 1 aliphatic heterocycles. The third-order valence-electron chi connectivity index (χ3n) is 4.23. The second-order valence-electron chi connectivity index (χ2n) is 5.88. The van der Waals surface area contributed by atoms with E-state index < -0.39 is 0 Å². The van der Waals surface area contributed by atoms with Gasteiger partial charge >= 0.3 is 0 Å². The molecule has 0 aromatic carbocycles. The van der Waals surface area contributed by atoms with Gasteiger partial charge in [-0.2, -0.15) is 0 Å². The molecule has 0 saturated carbocycles. The summed E-state index contributed by atoms with van der Waals surface area (Å²) < 4.78 is 0. The summed E-state index contributed by atoms with van der Waals surface area (Å²) in [6.45, 7) is 6.00. The van der Waals surface area contributed by atoms with Crippen molar-refractivity contribution in [2.24, 2.45) is 0 Å². The lowest BCUT2D eigenvalue weighted by atomic mass is 9.99. The zero-order valence-electron chi connectivity index (χ0n) is 12.1. The van der Waals surface area contributed by atoms with Crippen LogP contribution in [0.15, 0.2) is 6.07 Å². The number of amides is 1. The van der Waals surface area contributed by atoms with Crippen LogP contribution in [0, 0.1) is 0 Å². The van der Waals surface area contributed by atoms with Crippen LogP contribution in [-0.4, -0.2) is 36.0 Å². The summed E-state index contributed by atoms with van der Waals surface area (Å²) in [5.74, 6) is 0.236. The average Bonchev–Trinajstić information content (AvgIpc) is 2.84. The van der Waals surface area contributed by atoms with E-state index in [0.717, 1.165) is 24.4 Å². The predicted octanol–water partition coefficient (Wildman–Crippen LogP) is 2.87. The molecule has 20 heavy (non-hydrogen) atoms. The topological polar surface area (TPSA) is 32.3 Å². The largest absolute Gasteiger partial charge is 0.332 e. The summed E-state index contributed by atoms with van der Waals surface area (Å²) >= 11 is 1.73. The van der Waals surface area contributed by atoms with E-state index in [4.69, 9.17) is 0 Å². The fourth-order valence-corrected chi connectivity index (χ4v) is 4.25. The van der Waals surface area contributed by atoms with Gasteiger partial charge in [-0.15, -0.1) is 23.7 Å². The first kappa shape index (κ1) is 15.8. The van der Waals surface area contributed by atoms with Crippen LogP contribution in [0.1, 0.15) is 46.8 Å². The second-order valence-corrected chi connectivity index (χ2v) is 7.02. The molecule has 1 amide bonds. The van der Waals surface area contributed by atoms with Crippen LogP contribution < -0.4 is 5.32 Å². The van der Waals surface area contributed by atoms with Crippen molar-refractivity contribution < 1.29 is 4.79 Å². The highest BCUT2D eigenvalue weighted by Gasteiger charge is 2.29. The van der Waals surface area contributed by atoms with E-state index in [1.165, 1.54) is 29.7 Å². The van der Waals surface area contributed by atoms with Crippen molar-refractivity contribution >= 4 is 29.7 Å². The molecule has 2 heterocycles. The molecule has 2 atom stereocenters. The summed E-state index contributed by atoms with van der Waals surface area (Å²) in [5.41, 5.74) is 1.43. The number of nitrogens with zero attached hydrogens (tertiary/aromatic N) is 1. The zero-order chi connectivity index (χ0) is 13.4. The van der Waals surface area contributed by atoms with Crippen molar-refractivity contribution in [3.8, 4) is 0 Å². The normalized spacial score (nSPS) is 25.8. The lowest BCUT2D eigenvalue weighted by molar-refractivity contribution is 0.0621. The maximum atomic E-state index is 12.7. The number of rotatable bonds is 1. The molecular weight excluding hydrogens is 292 g/mol. The minimum absolute atomic E-state index is 0. The molecule has 112 valence electrons. The molecule has 1 saturated heterocycles. The van der Waals surface area contributed by atoms with E-state index in [1.54, 1.807) is 11.3 Å². The molecule has 1 aliphatic carbocycles. The van der Waals surface area contributed by atoms with Gasteiger partial charge in [0.1, 0.15) is 0 Å². The van der Waals surface area contributed by atoms with Gasteiger partial charge in [0.05, 0.1) is 4.88 Å². The number of aryl methyl sites for hydroxylation is 2. The molecule has 0 spiro atoms.